The maximum atomic E-state index is 14.8. The van der Waals surface area contributed by atoms with E-state index in [2.05, 4.69) is 11.5 Å². The normalized spacial score (nSPS) is 21.7. The number of aliphatic hydroxyl groups is 1. The third-order valence-electron chi connectivity index (χ3n) is 10.8. The van der Waals surface area contributed by atoms with Crippen LogP contribution in [0, 0.1) is 11.8 Å². The molecule has 3 aliphatic rings. The number of aliphatic hydroxyl groups excluding tert-OH is 1. The molecule has 4 atom stereocenters. The van der Waals surface area contributed by atoms with Gasteiger partial charge in [-0.15, -0.1) is 6.58 Å². The quantitative estimate of drug-likeness (QED) is 0.155. The number of benzene rings is 4. The van der Waals surface area contributed by atoms with Gasteiger partial charge in [0.05, 0.1) is 44.1 Å². The average Bonchev–Trinajstić information content (AvgIpc) is 3.30. The Morgan fingerprint density at radius 1 is 0.981 bits per heavy atom. The molecule has 0 bridgehead atoms. The zero-order valence-electron chi connectivity index (χ0n) is 29.5. The SMILES string of the molecule is C=C[C@@H](O)[C@@H]1CC[C@H]1CN1C[C@]2(COc3ccc(S(=O)(=O)N(Cc4ccc(OC)cc4)Cc4ccc(OC)cc4)cc31)OCCc1cc(Cl)ccc12. The summed E-state index contributed by atoms with van der Waals surface area (Å²) in [6.45, 7) is 5.91. The van der Waals surface area contributed by atoms with Crippen LogP contribution in [0.3, 0.4) is 0 Å². The summed E-state index contributed by atoms with van der Waals surface area (Å²) in [7, 11) is -0.841. The van der Waals surface area contributed by atoms with Crippen LogP contribution in [0.25, 0.3) is 0 Å². The first-order chi connectivity index (χ1) is 25.1. The molecule has 1 saturated carbocycles. The molecule has 0 radical (unpaired) electrons. The fourth-order valence-electron chi connectivity index (χ4n) is 7.69. The minimum atomic E-state index is -4.04. The van der Waals surface area contributed by atoms with Gasteiger partial charge in [0, 0.05) is 24.7 Å². The van der Waals surface area contributed by atoms with Crippen molar-refractivity contribution in [2.24, 2.45) is 11.8 Å². The van der Waals surface area contributed by atoms with Crippen molar-refractivity contribution in [2.45, 2.75) is 49.0 Å². The number of hydrogen-bond acceptors (Lipinski definition) is 8. The zero-order valence-corrected chi connectivity index (χ0v) is 31.1. The molecular formula is C41H45ClN2O7S. The second-order valence-electron chi connectivity index (χ2n) is 13.9. The van der Waals surface area contributed by atoms with Crippen molar-refractivity contribution < 1.29 is 32.5 Å². The molecule has 1 spiro atoms. The molecule has 0 unspecified atom stereocenters. The summed E-state index contributed by atoms with van der Waals surface area (Å²) in [5.74, 6) is 2.21. The largest absolute Gasteiger partial charge is 0.497 e. The number of methoxy groups -OCH3 is 2. The number of halogens is 1. The maximum Gasteiger partial charge on any atom is 0.243 e. The molecule has 0 aromatic heterocycles. The molecule has 7 rings (SSSR count). The van der Waals surface area contributed by atoms with Gasteiger partial charge in [0.2, 0.25) is 10.0 Å². The monoisotopic (exact) mass is 744 g/mol. The summed E-state index contributed by atoms with van der Waals surface area (Å²) in [6.07, 6.45) is 3.57. The van der Waals surface area contributed by atoms with Crippen LogP contribution < -0.4 is 19.1 Å². The van der Waals surface area contributed by atoms with Crippen molar-refractivity contribution in [3.05, 3.63) is 125 Å². The summed E-state index contributed by atoms with van der Waals surface area (Å²) < 4.78 is 54.9. The highest BCUT2D eigenvalue weighted by molar-refractivity contribution is 7.89. The van der Waals surface area contributed by atoms with E-state index in [-0.39, 0.29) is 36.4 Å². The Balaban J connectivity index is 1.27. The van der Waals surface area contributed by atoms with E-state index in [1.54, 1.807) is 38.5 Å². The van der Waals surface area contributed by atoms with Gasteiger partial charge in [0.15, 0.2) is 0 Å². The zero-order chi connectivity index (χ0) is 36.5. The van der Waals surface area contributed by atoms with Gasteiger partial charge in [0.25, 0.3) is 0 Å². The van der Waals surface area contributed by atoms with Gasteiger partial charge < -0.3 is 29.0 Å². The van der Waals surface area contributed by atoms with E-state index in [0.29, 0.717) is 47.7 Å². The van der Waals surface area contributed by atoms with Gasteiger partial charge in [-0.1, -0.05) is 48.0 Å². The highest BCUT2D eigenvalue weighted by Crippen LogP contribution is 2.45. The summed E-state index contributed by atoms with van der Waals surface area (Å²) in [5, 5.41) is 11.4. The molecule has 11 heteroatoms. The molecule has 274 valence electrons. The molecule has 4 aromatic carbocycles. The lowest BCUT2D eigenvalue weighted by Gasteiger charge is -2.45. The average molecular weight is 745 g/mol. The molecule has 1 fully saturated rings. The Morgan fingerprint density at radius 2 is 1.65 bits per heavy atom. The molecule has 52 heavy (non-hydrogen) atoms. The Labute approximate surface area is 311 Å². The van der Waals surface area contributed by atoms with Gasteiger partial charge in [-0.2, -0.15) is 4.31 Å². The Kier molecular flexibility index (Phi) is 10.6. The van der Waals surface area contributed by atoms with Crippen molar-refractivity contribution in [3.63, 3.8) is 0 Å². The lowest BCUT2D eigenvalue weighted by atomic mass is 9.70. The standard InChI is InChI=1S/C41H45ClN2O7S/c1-4-39(45)36-16-9-31(36)25-43-26-41(37-17-10-32(42)21-30(37)19-20-51-41)27-50-40-18-15-35(22-38(40)43)52(46,47)44(23-28-5-11-33(48-2)12-6-28)24-29-7-13-34(49-3)14-8-29/h4-8,10-15,17-18,21-22,31,36,39,45H,1,9,16,19-20,23-27H2,2-3H3/t31-,36+,39+,41+/m0/s1. The second kappa shape index (κ2) is 15.1. The highest BCUT2D eigenvalue weighted by Gasteiger charge is 2.45. The van der Waals surface area contributed by atoms with Crippen LogP contribution >= 0.6 is 11.6 Å². The van der Waals surface area contributed by atoms with E-state index in [1.165, 1.54) is 4.31 Å². The fourth-order valence-corrected chi connectivity index (χ4v) is 9.33. The summed E-state index contributed by atoms with van der Waals surface area (Å²) in [6, 6.07) is 25.9. The second-order valence-corrected chi connectivity index (χ2v) is 16.3. The van der Waals surface area contributed by atoms with Gasteiger partial charge in [-0.05, 0) is 108 Å². The minimum absolute atomic E-state index is 0.0656. The van der Waals surface area contributed by atoms with E-state index in [0.717, 1.165) is 41.5 Å². The van der Waals surface area contributed by atoms with Gasteiger partial charge in [-0.25, -0.2) is 8.42 Å². The molecule has 0 saturated heterocycles. The van der Waals surface area contributed by atoms with Crippen LogP contribution in [-0.4, -0.2) is 64.5 Å². The summed E-state index contributed by atoms with van der Waals surface area (Å²) in [5.41, 5.74) is 3.66. The van der Waals surface area contributed by atoms with E-state index in [9.17, 15) is 13.5 Å². The summed E-state index contributed by atoms with van der Waals surface area (Å²) >= 11 is 6.42. The van der Waals surface area contributed by atoms with Crippen LogP contribution in [0.1, 0.15) is 35.1 Å². The third kappa shape index (κ3) is 7.27. The van der Waals surface area contributed by atoms with Crippen LogP contribution in [0.4, 0.5) is 5.69 Å². The van der Waals surface area contributed by atoms with E-state index in [1.807, 2.05) is 66.7 Å². The van der Waals surface area contributed by atoms with Crippen molar-refractivity contribution in [1.82, 2.24) is 4.31 Å². The number of nitrogens with zero attached hydrogens (tertiary/aromatic N) is 2. The first-order valence-corrected chi connectivity index (χ1v) is 19.5. The number of hydrogen-bond donors (Lipinski definition) is 1. The van der Waals surface area contributed by atoms with Crippen LogP contribution in [0.5, 0.6) is 17.2 Å². The number of fused-ring (bicyclic) bond motifs is 3. The van der Waals surface area contributed by atoms with Gasteiger partial charge in [-0.3, -0.25) is 0 Å². The predicted molar refractivity (Wildman–Crippen MR) is 202 cm³/mol. The number of rotatable bonds is 12. The van der Waals surface area contributed by atoms with Crippen LogP contribution in [-0.2, 0) is 39.9 Å². The Morgan fingerprint density at radius 3 is 2.25 bits per heavy atom. The molecule has 0 amide bonds. The first-order valence-electron chi connectivity index (χ1n) is 17.6. The Bertz CT molecular complexity index is 1960. The number of sulfonamides is 1. The topological polar surface area (TPSA) is 97.8 Å². The van der Waals surface area contributed by atoms with Crippen LogP contribution in [0.15, 0.2) is 102 Å². The molecule has 2 aliphatic heterocycles. The maximum absolute atomic E-state index is 14.8. The van der Waals surface area contributed by atoms with Crippen molar-refractivity contribution in [1.29, 1.82) is 0 Å². The van der Waals surface area contributed by atoms with E-state index < -0.39 is 21.7 Å². The fraction of sp³-hybridized carbons (Fsp3) is 0.366. The highest BCUT2D eigenvalue weighted by atomic mass is 35.5. The smallest absolute Gasteiger partial charge is 0.243 e. The van der Waals surface area contributed by atoms with E-state index >= 15 is 0 Å². The van der Waals surface area contributed by atoms with Crippen molar-refractivity contribution >= 4 is 27.3 Å². The van der Waals surface area contributed by atoms with Gasteiger partial charge >= 0.3 is 0 Å². The van der Waals surface area contributed by atoms with Crippen molar-refractivity contribution in [2.75, 3.05) is 45.4 Å². The first kappa shape index (κ1) is 36.3. The molecule has 1 aliphatic carbocycles. The number of anilines is 1. The van der Waals surface area contributed by atoms with Crippen LogP contribution in [0.2, 0.25) is 5.02 Å². The molecular weight excluding hydrogens is 700 g/mol. The Hall–Kier alpha value is -4.06. The predicted octanol–water partition coefficient (Wildman–Crippen LogP) is 6.99. The lowest BCUT2D eigenvalue weighted by Crippen LogP contribution is -2.51. The molecule has 2 heterocycles. The van der Waals surface area contributed by atoms with E-state index in [4.69, 9.17) is 30.5 Å². The third-order valence-corrected chi connectivity index (χ3v) is 12.8. The molecule has 9 nitrogen and oxygen atoms in total. The number of ether oxygens (including phenoxy) is 4. The van der Waals surface area contributed by atoms with Gasteiger partial charge in [0.1, 0.15) is 29.5 Å². The lowest BCUT2D eigenvalue weighted by molar-refractivity contribution is -0.0794. The molecule has 4 aromatic rings. The minimum Gasteiger partial charge on any atom is -0.497 e. The molecule has 1 N–H and O–H groups in total. The summed E-state index contributed by atoms with van der Waals surface area (Å²) in [4.78, 5) is 2.36. The van der Waals surface area contributed by atoms with Crippen molar-refractivity contribution in [3.8, 4) is 17.2 Å².